The molecule has 66 valence electrons. The molecule has 0 heterocycles. The normalized spacial score (nSPS) is 14.5. The summed E-state index contributed by atoms with van der Waals surface area (Å²) in [4.78, 5) is 14.9. The topological polar surface area (TPSA) is 72.5 Å². The van der Waals surface area contributed by atoms with Crippen LogP contribution in [0.25, 0.3) is 0 Å². The van der Waals surface area contributed by atoms with E-state index in [9.17, 15) is 4.79 Å². The number of hydrogen-bond donors (Lipinski definition) is 2. The summed E-state index contributed by atoms with van der Waals surface area (Å²) in [6.45, 7) is 5.57. The largest absolute Gasteiger partial charge is 0.481 e. The molecule has 0 fully saturated rings. The zero-order valence-corrected chi connectivity index (χ0v) is 7.13. The summed E-state index contributed by atoms with van der Waals surface area (Å²) in [5, 5.41) is 8.70. The number of carboxylic acids is 1. The van der Waals surface area contributed by atoms with Gasteiger partial charge in [0.25, 0.3) is 0 Å². The molecule has 11 heavy (non-hydrogen) atoms. The zero-order valence-electron chi connectivity index (χ0n) is 7.13. The van der Waals surface area contributed by atoms with Crippen molar-refractivity contribution >= 4 is 5.97 Å². The fraction of sp³-hybridized carbons (Fsp3) is 0.857. The average Bonchev–Trinajstić information content (AvgIpc) is 1.79. The standard InChI is InChI=1S/C7H15NO3/c1-7(2,3)5(4-11-8)6(9)10/h5H,4,8H2,1-3H3,(H,9,10). The third-order valence-electron chi connectivity index (χ3n) is 1.61. The van der Waals surface area contributed by atoms with Gasteiger partial charge in [0.1, 0.15) is 0 Å². The van der Waals surface area contributed by atoms with Crippen LogP contribution in [0.15, 0.2) is 0 Å². The smallest absolute Gasteiger partial charge is 0.309 e. The molecule has 0 bridgehead atoms. The first kappa shape index (κ1) is 10.4. The molecule has 0 aliphatic carbocycles. The van der Waals surface area contributed by atoms with Gasteiger partial charge in [-0.15, -0.1) is 0 Å². The van der Waals surface area contributed by atoms with Crippen LogP contribution in [-0.4, -0.2) is 17.7 Å². The molecule has 0 aromatic rings. The maximum atomic E-state index is 10.6. The minimum absolute atomic E-state index is 0.0544. The maximum absolute atomic E-state index is 10.6. The first-order valence-electron chi connectivity index (χ1n) is 3.44. The number of carboxylic acid groups (broad SMARTS) is 1. The van der Waals surface area contributed by atoms with Crippen molar-refractivity contribution in [2.75, 3.05) is 6.61 Å². The molecule has 0 rings (SSSR count). The van der Waals surface area contributed by atoms with E-state index in [1.165, 1.54) is 0 Å². The fourth-order valence-corrected chi connectivity index (χ4v) is 0.788. The monoisotopic (exact) mass is 161 g/mol. The number of rotatable bonds is 3. The van der Waals surface area contributed by atoms with Crippen LogP contribution in [0.1, 0.15) is 20.8 Å². The quantitative estimate of drug-likeness (QED) is 0.595. The predicted octanol–water partition coefficient (Wildman–Crippen LogP) is 0.624. The summed E-state index contributed by atoms with van der Waals surface area (Å²) in [7, 11) is 0. The second-order valence-electron chi connectivity index (χ2n) is 3.59. The van der Waals surface area contributed by atoms with E-state index in [0.29, 0.717) is 0 Å². The molecule has 1 unspecified atom stereocenters. The van der Waals surface area contributed by atoms with Crippen LogP contribution in [0.4, 0.5) is 0 Å². The van der Waals surface area contributed by atoms with Gasteiger partial charge in [-0.25, -0.2) is 5.90 Å². The van der Waals surface area contributed by atoms with Gasteiger partial charge in [-0.05, 0) is 5.41 Å². The highest BCUT2D eigenvalue weighted by Crippen LogP contribution is 2.25. The van der Waals surface area contributed by atoms with Crippen molar-refractivity contribution in [3.63, 3.8) is 0 Å². The molecule has 1 atom stereocenters. The summed E-state index contributed by atoms with van der Waals surface area (Å²) in [5.74, 6) is 3.38. The molecule has 0 spiro atoms. The minimum atomic E-state index is -0.872. The van der Waals surface area contributed by atoms with Gasteiger partial charge >= 0.3 is 5.97 Å². The number of aliphatic carboxylic acids is 1. The highest BCUT2D eigenvalue weighted by Gasteiger charge is 2.31. The zero-order chi connectivity index (χ0) is 9.07. The van der Waals surface area contributed by atoms with E-state index in [2.05, 4.69) is 4.84 Å². The third-order valence-corrected chi connectivity index (χ3v) is 1.61. The lowest BCUT2D eigenvalue weighted by Crippen LogP contribution is -2.33. The van der Waals surface area contributed by atoms with Crippen LogP contribution < -0.4 is 5.90 Å². The van der Waals surface area contributed by atoms with E-state index >= 15 is 0 Å². The van der Waals surface area contributed by atoms with Gasteiger partial charge in [-0.1, -0.05) is 20.8 Å². The molecule has 3 N–H and O–H groups in total. The Hall–Kier alpha value is -0.610. The molecule has 0 aromatic carbocycles. The molecule has 0 saturated carbocycles. The van der Waals surface area contributed by atoms with Crippen molar-refractivity contribution in [2.45, 2.75) is 20.8 Å². The number of nitrogens with two attached hydrogens (primary N) is 1. The van der Waals surface area contributed by atoms with E-state index in [1.54, 1.807) is 0 Å². The van der Waals surface area contributed by atoms with Crippen molar-refractivity contribution in [1.29, 1.82) is 0 Å². The predicted molar refractivity (Wildman–Crippen MR) is 40.7 cm³/mol. The van der Waals surface area contributed by atoms with E-state index in [-0.39, 0.29) is 12.0 Å². The molecule has 0 aromatic heterocycles. The summed E-state index contributed by atoms with van der Waals surface area (Å²) >= 11 is 0. The van der Waals surface area contributed by atoms with Gasteiger partial charge in [-0.2, -0.15) is 0 Å². The minimum Gasteiger partial charge on any atom is -0.481 e. The van der Waals surface area contributed by atoms with Gasteiger partial charge in [0, 0.05) is 0 Å². The van der Waals surface area contributed by atoms with Crippen molar-refractivity contribution in [3.8, 4) is 0 Å². The third kappa shape index (κ3) is 3.34. The van der Waals surface area contributed by atoms with E-state index in [4.69, 9.17) is 11.0 Å². The van der Waals surface area contributed by atoms with E-state index < -0.39 is 11.9 Å². The second kappa shape index (κ2) is 3.69. The summed E-state index contributed by atoms with van der Waals surface area (Å²) in [5.41, 5.74) is -0.314. The van der Waals surface area contributed by atoms with Crippen molar-refractivity contribution in [2.24, 2.45) is 17.2 Å². The number of hydrogen-bond acceptors (Lipinski definition) is 3. The molecule has 4 heteroatoms. The Morgan fingerprint density at radius 1 is 1.64 bits per heavy atom. The highest BCUT2D eigenvalue weighted by atomic mass is 16.6. The summed E-state index contributed by atoms with van der Waals surface area (Å²) in [6.07, 6.45) is 0. The number of carbonyl (C=O) groups is 1. The van der Waals surface area contributed by atoms with Crippen molar-refractivity contribution in [1.82, 2.24) is 0 Å². The van der Waals surface area contributed by atoms with Crippen LogP contribution in [-0.2, 0) is 9.63 Å². The lowest BCUT2D eigenvalue weighted by atomic mass is 9.81. The molecule has 4 nitrogen and oxygen atoms in total. The SMILES string of the molecule is CC(C)(C)C(CON)C(=O)O. The molecule has 0 saturated heterocycles. The van der Waals surface area contributed by atoms with Crippen LogP contribution in [0.2, 0.25) is 0 Å². The Bertz CT molecular complexity index is 139. The van der Waals surface area contributed by atoms with Crippen LogP contribution in [0, 0.1) is 11.3 Å². The Morgan fingerprint density at radius 2 is 2.09 bits per heavy atom. The molecule has 0 aliphatic rings. The summed E-state index contributed by atoms with van der Waals surface area (Å²) in [6, 6.07) is 0. The summed E-state index contributed by atoms with van der Waals surface area (Å²) < 4.78 is 0. The first-order chi connectivity index (χ1) is 4.89. The van der Waals surface area contributed by atoms with Gasteiger partial charge in [0.2, 0.25) is 0 Å². The van der Waals surface area contributed by atoms with Gasteiger partial charge < -0.3 is 9.94 Å². The Morgan fingerprint density at radius 3 is 2.18 bits per heavy atom. The average molecular weight is 161 g/mol. The molecular formula is C7H15NO3. The van der Waals surface area contributed by atoms with Crippen LogP contribution >= 0.6 is 0 Å². The van der Waals surface area contributed by atoms with Gasteiger partial charge in [0.15, 0.2) is 0 Å². The van der Waals surface area contributed by atoms with Crippen molar-refractivity contribution in [3.05, 3.63) is 0 Å². The lowest BCUT2D eigenvalue weighted by molar-refractivity contribution is -0.148. The molecular weight excluding hydrogens is 146 g/mol. The van der Waals surface area contributed by atoms with Crippen LogP contribution in [0.3, 0.4) is 0 Å². The van der Waals surface area contributed by atoms with Gasteiger partial charge in [-0.3, -0.25) is 4.79 Å². The Kier molecular flexibility index (Phi) is 3.48. The molecule has 0 radical (unpaired) electrons. The van der Waals surface area contributed by atoms with Crippen LogP contribution in [0.5, 0.6) is 0 Å². The second-order valence-corrected chi connectivity index (χ2v) is 3.59. The van der Waals surface area contributed by atoms with Crippen molar-refractivity contribution < 1.29 is 14.7 Å². The fourth-order valence-electron chi connectivity index (χ4n) is 0.788. The Labute approximate surface area is 66.3 Å². The maximum Gasteiger partial charge on any atom is 0.309 e. The molecule has 0 aliphatic heterocycles. The highest BCUT2D eigenvalue weighted by molar-refractivity contribution is 5.71. The lowest BCUT2D eigenvalue weighted by Gasteiger charge is -2.25. The van der Waals surface area contributed by atoms with E-state index in [0.717, 1.165) is 0 Å². The van der Waals surface area contributed by atoms with Gasteiger partial charge in [0.05, 0.1) is 12.5 Å². The first-order valence-corrected chi connectivity index (χ1v) is 3.44. The molecule has 0 amide bonds. The Balaban J connectivity index is 4.22. The van der Waals surface area contributed by atoms with E-state index in [1.807, 2.05) is 20.8 Å².